The highest BCUT2D eigenvalue weighted by atomic mass is 15.3. The largest absolute Gasteiger partial charge is 0.370 e. The number of aliphatic imine (C=N–C) groups is 1. The van der Waals surface area contributed by atoms with Crippen LogP contribution < -0.4 is 5.73 Å². The first-order valence-corrected chi connectivity index (χ1v) is 7.36. The Morgan fingerprint density at radius 3 is 2.67 bits per heavy atom. The lowest BCUT2D eigenvalue weighted by Gasteiger charge is -2.27. The molecule has 18 heavy (non-hydrogen) atoms. The lowest BCUT2D eigenvalue weighted by atomic mass is 10.1. The van der Waals surface area contributed by atoms with Gasteiger partial charge in [0.1, 0.15) is 0 Å². The second kappa shape index (κ2) is 8.35. The summed E-state index contributed by atoms with van der Waals surface area (Å²) in [6.07, 6.45) is 7.96. The molecule has 0 saturated heterocycles. The van der Waals surface area contributed by atoms with Crippen molar-refractivity contribution < 1.29 is 0 Å². The molecule has 1 heterocycles. The number of rotatable bonds is 9. The summed E-state index contributed by atoms with van der Waals surface area (Å²) in [7, 11) is 4.20. The van der Waals surface area contributed by atoms with Crippen LogP contribution in [0, 0.1) is 0 Å². The third kappa shape index (κ3) is 5.25. The first-order chi connectivity index (χ1) is 8.65. The van der Waals surface area contributed by atoms with Gasteiger partial charge in [0.25, 0.3) is 0 Å². The molecule has 0 fully saturated rings. The molecule has 0 aromatic carbocycles. The molecule has 4 nitrogen and oxygen atoms in total. The number of likely N-dealkylation sites (N-methyl/N-ethyl adjacent to an activating group) is 1. The minimum absolute atomic E-state index is 0.548. The van der Waals surface area contributed by atoms with Gasteiger partial charge in [-0.15, -0.1) is 0 Å². The Bertz CT molecular complexity index is 250. The van der Waals surface area contributed by atoms with Crippen molar-refractivity contribution in [2.24, 2.45) is 10.7 Å². The molecule has 0 spiro atoms. The maximum Gasteiger partial charge on any atom is 0.191 e. The van der Waals surface area contributed by atoms with Crippen molar-refractivity contribution in [2.75, 3.05) is 33.7 Å². The summed E-state index contributed by atoms with van der Waals surface area (Å²) < 4.78 is 0. The monoisotopic (exact) mass is 254 g/mol. The Morgan fingerprint density at radius 2 is 2.00 bits per heavy atom. The number of nitrogens with zero attached hydrogens (tertiary/aromatic N) is 3. The van der Waals surface area contributed by atoms with Gasteiger partial charge < -0.3 is 15.5 Å². The van der Waals surface area contributed by atoms with E-state index in [0.29, 0.717) is 6.04 Å². The fourth-order valence-corrected chi connectivity index (χ4v) is 2.41. The number of hydrogen-bond acceptors (Lipinski definition) is 4. The van der Waals surface area contributed by atoms with E-state index in [4.69, 9.17) is 5.73 Å². The standard InChI is InChI=1S/C14H30N4/c1-4-5-6-7-8-9-13-12-16-14(15)18(13)11-10-17(2)3/h13H,4-12H2,1-3H3,(H2,15,16). The Morgan fingerprint density at radius 1 is 1.28 bits per heavy atom. The third-order valence-corrected chi connectivity index (χ3v) is 3.63. The van der Waals surface area contributed by atoms with Gasteiger partial charge in [0.15, 0.2) is 5.96 Å². The second-order valence-corrected chi connectivity index (χ2v) is 5.55. The molecule has 1 aliphatic heterocycles. The van der Waals surface area contributed by atoms with Crippen LogP contribution in [-0.4, -0.2) is 55.5 Å². The first-order valence-electron chi connectivity index (χ1n) is 7.36. The lowest BCUT2D eigenvalue weighted by molar-refractivity contribution is 0.276. The zero-order valence-corrected chi connectivity index (χ0v) is 12.4. The maximum atomic E-state index is 5.96. The van der Waals surface area contributed by atoms with Crippen LogP contribution in [0.25, 0.3) is 0 Å². The quantitative estimate of drug-likeness (QED) is 0.639. The summed E-state index contributed by atoms with van der Waals surface area (Å²) in [5.74, 6) is 0.746. The van der Waals surface area contributed by atoms with Gasteiger partial charge in [-0.3, -0.25) is 4.99 Å². The Balaban J connectivity index is 2.22. The SMILES string of the molecule is CCCCCCCC1CN=C(N)N1CCN(C)C. The van der Waals surface area contributed by atoms with E-state index < -0.39 is 0 Å². The fourth-order valence-electron chi connectivity index (χ4n) is 2.41. The lowest BCUT2D eigenvalue weighted by Crippen LogP contribution is -2.44. The highest BCUT2D eigenvalue weighted by Gasteiger charge is 2.24. The Labute approximate surface area is 112 Å². The summed E-state index contributed by atoms with van der Waals surface area (Å²) >= 11 is 0. The van der Waals surface area contributed by atoms with Crippen LogP contribution in [0.3, 0.4) is 0 Å². The molecule has 2 N–H and O–H groups in total. The summed E-state index contributed by atoms with van der Waals surface area (Å²) in [5.41, 5.74) is 5.96. The number of guanidine groups is 1. The predicted molar refractivity (Wildman–Crippen MR) is 78.9 cm³/mol. The molecule has 0 radical (unpaired) electrons. The van der Waals surface area contributed by atoms with Gasteiger partial charge in [-0.2, -0.15) is 0 Å². The fraction of sp³-hybridized carbons (Fsp3) is 0.929. The van der Waals surface area contributed by atoms with Crippen LogP contribution in [0.2, 0.25) is 0 Å². The smallest absolute Gasteiger partial charge is 0.191 e. The van der Waals surface area contributed by atoms with Crippen LogP contribution in [0.15, 0.2) is 4.99 Å². The van der Waals surface area contributed by atoms with Crippen molar-refractivity contribution in [1.29, 1.82) is 0 Å². The van der Waals surface area contributed by atoms with Gasteiger partial charge in [0.05, 0.1) is 12.6 Å². The van der Waals surface area contributed by atoms with Crippen LogP contribution in [0.5, 0.6) is 0 Å². The van der Waals surface area contributed by atoms with E-state index in [1.54, 1.807) is 0 Å². The second-order valence-electron chi connectivity index (χ2n) is 5.55. The number of nitrogens with two attached hydrogens (primary N) is 1. The highest BCUT2D eigenvalue weighted by molar-refractivity contribution is 5.80. The molecule has 4 heteroatoms. The molecule has 0 saturated carbocycles. The van der Waals surface area contributed by atoms with Crippen LogP contribution in [0.4, 0.5) is 0 Å². The van der Waals surface area contributed by atoms with Gasteiger partial charge in [-0.25, -0.2) is 0 Å². The van der Waals surface area contributed by atoms with E-state index in [2.05, 4.69) is 35.8 Å². The van der Waals surface area contributed by atoms with Crippen molar-refractivity contribution in [1.82, 2.24) is 9.80 Å². The van der Waals surface area contributed by atoms with Gasteiger partial charge in [-0.1, -0.05) is 39.0 Å². The molecule has 0 aliphatic carbocycles. The van der Waals surface area contributed by atoms with Crippen LogP contribution in [-0.2, 0) is 0 Å². The number of hydrogen-bond donors (Lipinski definition) is 1. The Hall–Kier alpha value is -0.770. The molecular weight excluding hydrogens is 224 g/mol. The summed E-state index contributed by atoms with van der Waals surface area (Å²) in [6.45, 7) is 5.20. The average molecular weight is 254 g/mol. The van der Waals surface area contributed by atoms with Crippen molar-refractivity contribution in [3.05, 3.63) is 0 Å². The highest BCUT2D eigenvalue weighted by Crippen LogP contribution is 2.16. The van der Waals surface area contributed by atoms with Crippen LogP contribution >= 0.6 is 0 Å². The van der Waals surface area contributed by atoms with E-state index in [1.807, 2.05) is 0 Å². The van der Waals surface area contributed by atoms with Gasteiger partial charge in [-0.05, 0) is 20.5 Å². The summed E-state index contributed by atoms with van der Waals surface area (Å²) in [5, 5.41) is 0. The minimum atomic E-state index is 0.548. The van der Waals surface area contributed by atoms with Crippen molar-refractivity contribution >= 4 is 5.96 Å². The zero-order chi connectivity index (χ0) is 13.4. The average Bonchev–Trinajstić information content (AvgIpc) is 2.67. The molecule has 0 amide bonds. The molecular formula is C14H30N4. The topological polar surface area (TPSA) is 44.9 Å². The van der Waals surface area contributed by atoms with E-state index in [0.717, 1.165) is 25.6 Å². The molecule has 1 rings (SSSR count). The zero-order valence-electron chi connectivity index (χ0n) is 12.4. The first kappa shape index (κ1) is 15.3. The van der Waals surface area contributed by atoms with E-state index in [-0.39, 0.29) is 0 Å². The normalized spacial score (nSPS) is 19.7. The molecule has 1 atom stereocenters. The van der Waals surface area contributed by atoms with Gasteiger partial charge in [0.2, 0.25) is 0 Å². The maximum absolute atomic E-state index is 5.96. The summed E-state index contributed by atoms with van der Waals surface area (Å²) in [4.78, 5) is 8.88. The van der Waals surface area contributed by atoms with Crippen LogP contribution in [0.1, 0.15) is 45.4 Å². The third-order valence-electron chi connectivity index (χ3n) is 3.63. The van der Waals surface area contributed by atoms with Crippen molar-refractivity contribution in [2.45, 2.75) is 51.5 Å². The van der Waals surface area contributed by atoms with E-state index in [9.17, 15) is 0 Å². The Kier molecular flexibility index (Phi) is 7.09. The molecule has 0 bridgehead atoms. The van der Waals surface area contributed by atoms with Gasteiger partial charge in [0, 0.05) is 13.1 Å². The minimum Gasteiger partial charge on any atom is -0.370 e. The van der Waals surface area contributed by atoms with Crippen molar-refractivity contribution in [3.63, 3.8) is 0 Å². The van der Waals surface area contributed by atoms with Gasteiger partial charge >= 0.3 is 0 Å². The van der Waals surface area contributed by atoms with E-state index >= 15 is 0 Å². The summed E-state index contributed by atoms with van der Waals surface area (Å²) in [6, 6.07) is 0.548. The number of unbranched alkanes of at least 4 members (excludes halogenated alkanes) is 4. The molecule has 106 valence electrons. The molecule has 1 aliphatic rings. The molecule has 0 aromatic rings. The van der Waals surface area contributed by atoms with Crippen molar-refractivity contribution in [3.8, 4) is 0 Å². The molecule has 1 unspecified atom stereocenters. The molecule has 0 aromatic heterocycles. The van der Waals surface area contributed by atoms with E-state index in [1.165, 1.54) is 38.5 Å². The predicted octanol–water partition coefficient (Wildman–Crippen LogP) is 1.91.